The molecule has 0 amide bonds. The van der Waals surface area contributed by atoms with E-state index in [0.717, 1.165) is 0 Å². The molecule has 0 radical (unpaired) electrons. The SMILES string of the molecule is CC(C)(C)N1CC(C(=O)O)CC1O. The maximum absolute atomic E-state index is 10.7. The molecule has 0 aliphatic carbocycles. The third-order valence-electron chi connectivity index (χ3n) is 2.48. The van der Waals surface area contributed by atoms with Gasteiger partial charge in [0.1, 0.15) is 6.23 Å². The number of carboxylic acid groups (broad SMARTS) is 1. The summed E-state index contributed by atoms with van der Waals surface area (Å²) in [5, 5.41) is 18.4. The second-order valence-electron chi connectivity index (χ2n) is 4.57. The van der Waals surface area contributed by atoms with Gasteiger partial charge in [0.25, 0.3) is 0 Å². The molecule has 0 aromatic carbocycles. The van der Waals surface area contributed by atoms with Crippen molar-refractivity contribution in [3.05, 3.63) is 0 Å². The van der Waals surface area contributed by atoms with Gasteiger partial charge in [-0.25, -0.2) is 0 Å². The molecule has 0 aromatic rings. The molecule has 4 heteroatoms. The highest BCUT2D eigenvalue weighted by molar-refractivity contribution is 5.70. The summed E-state index contributed by atoms with van der Waals surface area (Å²) in [6, 6.07) is 0. The number of aliphatic hydroxyl groups is 1. The third-order valence-corrected chi connectivity index (χ3v) is 2.48. The Labute approximate surface area is 78.2 Å². The van der Waals surface area contributed by atoms with Gasteiger partial charge in [0.05, 0.1) is 5.92 Å². The average molecular weight is 187 g/mol. The zero-order chi connectivity index (χ0) is 10.2. The number of likely N-dealkylation sites (tertiary alicyclic amines) is 1. The monoisotopic (exact) mass is 187 g/mol. The van der Waals surface area contributed by atoms with E-state index in [2.05, 4.69) is 0 Å². The summed E-state index contributed by atoms with van der Waals surface area (Å²) >= 11 is 0. The Morgan fingerprint density at radius 3 is 2.23 bits per heavy atom. The third kappa shape index (κ3) is 2.19. The summed E-state index contributed by atoms with van der Waals surface area (Å²) in [5.41, 5.74) is -0.163. The highest BCUT2D eigenvalue weighted by Gasteiger charge is 2.39. The van der Waals surface area contributed by atoms with Gasteiger partial charge in [0.2, 0.25) is 0 Å². The number of hydrogen-bond donors (Lipinski definition) is 2. The molecule has 0 aromatic heterocycles. The standard InChI is InChI=1S/C9H17NO3/c1-9(2,3)10-5-6(8(12)13)4-7(10)11/h6-7,11H,4-5H2,1-3H3,(H,12,13). The minimum absolute atomic E-state index is 0.163. The Balaban J connectivity index is 2.67. The molecule has 4 nitrogen and oxygen atoms in total. The first-order valence-corrected chi connectivity index (χ1v) is 4.50. The Morgan fingerprint density at radius 1 is 1.46 bits per heavy atom. The summed E-state index contributed by atoms with van der Waals surface area (Å²) in [6.07, 6.45) is -0.270. The van der Waals surface area contributed by atoms with E-state index in [1.165, 1.54) is 0 Å². The van der Waals surface area contributed by atoms with Gasteiger partial charge in [-0.15, -0.1) is 0 Å². The van der Waals surface area contributed by atoms with Crippen molar-refractivity contribution in [2.24, 2.45) is 5.92 Å². The van der Waals surface area contributed by atoms with E-state index in [9.17, 15) is 9.90 Å². The van der Waals surface area contributed by atoms with Crippen LogP contribution in [0.1, 0.15) is 27.2 Å². The van der Waals surface area contributed by atoms with E-state index in [1.54, 1.807) is 0 Å². The largest absolute Gasteiger partial charge is 0.481 e. The first-order valence-electron chi connectivity index (χ1n) is 4.50. The highest BCUT2D eigenvalue weighted by Crippen LogP contribution is 2.28. The van der Waals surface area contributed by atoms with Gasteiger partial charge in [-0.2, -0.15) is 0 Å². The Morgan fingerprint density at radius 2 is 2.00 bits per heavy atom. The summed E-state index contributed by atoms with van der Waals surface area (Å²) in [6.45, 7) is 6.36. The lowest BCUT2D eigenvalue weighted by Gasteiger charge is -2.34. The van der Waals surface area contributed by atoms with E-state index in [1.807, 2.05) is 25.7 Å². The molecule has 1 rings (SSSR count). The van der Waals surface area contributed by atoms with Gasteiger partial charge < -0.3 is 10.2 Å². The van der Waals surface area contributed by atoms with Crippen LogP contribution in [0, 0.1) is 5.92 Å². The Hall–Kier alpha value is -0.610. The molecule has 1 aliphatic rings. The molecular weight excluding hydrogens is 170 g/mol. The van der Waals surface area contributed by atoms with Crippen molar-refractivity contribution < 1.29 is 15.0 Å². The smallest absolute Gasteiger partial charge is 0.307 e. The maximum atomic E-state index is 10.7. The van der Waals surface area contributed by atoms with Gasteiger partial charge in [0, 0.05) is 18.5 Å². The van der Waals surface area contributed by atoms with Crippen LogP contribution in [-0.2, 0) is 4.79 Å². The molecule has 0 spiro atoms. The number of rotatable bonds is 1. The van der Waals surface area contributed by atoms with Gasteiger partial charge in [-0.3, -0.25) is 9.69 Å². The number of aliphatic hydroxyl groups excluding tert-OH is 1. The van der Waals surface area contributed by atoms with Crippen molar-refractivity contribution >= 4 is 5.97 Å². The number of aliphatic carboxylic acids is 1. The lowest BCUT2D eigenvalue weighted by atomic mass is 10.1. The van der Waals surface area contributed by atoms with Crippen molar-refractivity contribution in [3.63, 3.8) is 0 Å². The number of carbonyl (C=O) groups is 1. The van der Waals surface area contributed by atoms with Gasteiger partial charge in [-0.05, 0) is 20.8 Å². The van der Waals surface area contributed by atoms with Crippen LogP contribution in [0.5, 0.6) is 0 Å². The number of nitrogens with zero attached hydrogens (tertiary/aromatic N) is 1. The average Bonchev–Trinajstić information content (AvgIpc) is 2.29. The second-order valence-corrected chi connectivity index (χ2v) is 4.57. The predicted octanol–water partition coefficient (Wildman–Crippen LogP) is 0.510. The van der Waals surface area contributed by atoms with Crippen molar-refractivity contribution in [2.75, 3.05) is 6.54 Å². The summed E-state index contributed by atoms with van der Waals surface area (Å²) in [5.74, 6) is -1.24. The van der Waals surface area contributed by atoms with Crippen LogP contribution in [0.25, 0.3) is 0 Å². The van der Waals surface area contributed by atoms with Crippen molar-refractivity contribution in [2.45, 2.75) is 39.0 Å². The molecule has 76 valence electrons. The predicted molar refractivity (Wildman–Crippen MR) is 48.2 cm³/mol. The first kappa shape index (κ1) is 10.5. The van der Waals surface area contributed by atoms with Crippen LogP contribution < -0.4 is 0 Å². The summed E-state index contributed by atoms with van der Waals surface area (Å²) in [4.78, 5) is 12.5. The van der Waals surface area contributed by atoms with E-state index in [4.69, 9.17) is 5.11 Å². The molecule has 0 bridgehead atoms. The zero-order valence-corrected chi connectivity index (χ0v) is 8.32. The summed E-state index contributed by atoms with van der Waals surface area (Å²) < 4.78 is 0. The van der Waals surface area contributed by atoms with Crippen LogP contribution >= 0.6 is 0 Å². The number of hydrogen-bond acceptors (Lipinski definition) is 3. The molecule has 2 atom stereocenters. The molecule has 1 fully saturated rings. The van der Waals surface area contributed by atoms with E-state index < -0.39 is 18.1 Å². The molecule has 2 N–H and O–H groups in total. The molecule has 0 saturated carbocycles. The van der Waals surface area contributed by atoms with Crippen LogP contribution in [0.15, 0.2) is 0 Å². The second kappa shape index (κ2) is 3.27. The Bertz CT molecular complexity index is 209. The van der Waals surface area contributed by atoms with Crippen molar-refractivity contribution in [3.8, 4) is 0 Å². The lowest BCUT2D eigenvalue weighted by Crippen LogP contribution is -2.44. The van der Waals surface area contributed by atoms with Gasteiger partial charge >= 0.3 is 5.97 Å². The van der Waals surface area contributed by atoms with E-state index in [0.29, 0.717) is 13.0 Å². The quantitative estimate of drug-likeness (QED) is 0.628. The molecule has 1 saturated heterocycles. The fraction of sp³-hybridized carbons (Fsp3) is 0.889. The topological polar surface area (TPSA) is 60.8 Å². The minimum atomic E-state index is -0.814. The molecular formula is C9H17NO3. The first-order chi connectivity index (χ1) is 5.82. The molecule has 2 unspecified atom stereocenters. The van der Waals surface area contributed by atoms with Crippen molar-refractivity contribution in [1.82, 2.24) is 4.90 Å². The lowest BCUT2D eigenvalue weighted by molar-refractivity contribution is -0.141. The maximum Gasteiger partial charge on any atom is 0.307 e. The molecule has 1 heterocycles. The molecule has 1 aliphatic heterocycles. The number of carboxylic acids is 1. The van der Waals surface area contributed by atoms with E-state index >= 15 is 0 Å². The van der Waals surface area contributed by atoms with Gasteiger partial charge in [-0.1, -0.05) is 0 Å². The van der Waals surface area contributed by atoms with Gasteiger partial charge in [0.15, 0.2) is 0 Å². The van der Waals surface area contributed by atoms with Crippen LogP contribution in [-0.4, -0.2) is 39.4 Å². The Kier molecular flexibility index (Phi) is 2.63. The van der Waals surface area contributed by atoms with Crippen molar-refractivity contribution in [1.29, 1.82) is 0 Å². The minimum Gasteiger partial charge on any atom is -0.481 e. The fourth-order valence-electron chi connectivity index (χ4n) is 1.72. The van der Waals surface area contributed by atoms with Crippen LogP contribution in [0.4, 0.5) is 0 Å². The molecule has 13 heavy (non-hydrogen) atoms. The van der Waals surface area contributed by atoms with E-state index in [-0.39, 0.29) is 5.54 Å². The van der Waals surface area contributed by atoms with Crippen LogP contribution in [0.3, 0.4) is 0 Å². The zero-order valence-electron chi connectivity index (χ0n) is 8.32. The van der Waals surface area contributed by atoms with Crippen LogP contribution in [0.2, 0.25) is 0 Å². The summed E-state index contributed by atoms with van der Waals surface area (Å²) in [7, 11) is 0. The highest BCUT2D eigenvalue weighted by atomic mass is 16.4. The normalized spacial score (nSPS) is 30.8. The fourth-order valence-corrected chi connectivity index (χ4v) is 1.72.